The van der Waals surface area contributed by atoms with E-state index in [-0.39, 0.29) is 0 Å². The zero-order chi connectivity index (χ0) is 17.0. The molecular weight excluding hydrogens is 312 g/mol. The van der Waals surface area contributed by atoms with Gasteiger partial charge in [0.15, 0.2) is 0 Å². The number of ether oxygens (including phenoxy) is 1. The van der Waals surface area contributed by atoms with Crippen molar-refractivity contribution in [1.82, 2.24) is 10.6 Å². The Hall–Kier alpha value is -1.60. The molecule has 0 fully saturated rings. The van der Waals surface area contributed by atoms with E-state index in [0.29, 0.717) is 30.5 Å². The molecule has 2 atom stereocenters. The highest BCUT2D eigenvalue weighted by atomic mass is 19.3. The zero-order valence-electron chi connectivity index (χ0n) is 13.0. The number of halogens is 4. The third kappa shape index (κ3) is 4.03. The van der Waals surface area contributed by atoms with E-state index >= 15 is 0 Å². The van der Waals surface area contributed by atoms with Gasteiger partial charge in [0.2, 0.25) is 0 Å². The molecule has 0 saturated carbocycles. The summed E-state index contributed by atoms with van der Waals surface area (Å²) < 4.78 is 56.5. The third-order valence-corrected chi connectivity index (χ3v) is 4.06. The molecule has 0 aliphatic carbocycles. The van der Waals surface area contributed by atoms with E-state index in [1.54, 1.807) is 13.1 Å². The first kappa shape index (κ1) is 17.7. The third-order valence-electron chi connectivity index (χ3n) is 4.06. The van der Waals surface area contributed by atoms with Crippen LogP contribution in [0.3, 0.4) is 0 Å². The highest BCUT2D eigenvalue weighted by Crippen LogP contribution is 2.32. The molecule has 0 spiro atoms. The predicted molar refractivity (Wildman–Crippen MR) is 79.7 cm³/mol. The van der Waals surface area contributed by atoms with Crippen molar-refractivity contribution >= 4 is 5.57 Å². The van der Waals surface area contributed by atoms with Crippen LogP contribution in [0.2, 0.25) is 0 Å². The first-order valence-electron chi connectivity index (χ1n) is 7.48. The number of hydrogen-bond acceptors (Lipinski definition) is 3. The summed E-state index contributed by atoms with van der Waals surface area (Å²) in [6.07, 6.45) is 1.66. The second kappa shape index (κ2) is 7.31. The molecule has 2 rings (SSSR count). The van der Waals surface area contributed by atoms with E-state index in [1.807, 2.05) is 6.92 Å². The van der Waals surface area contributed by atoms with Gasteiger partial charge in [-0.1, -0.05) is 6.92 Å². The van der Waals surface area contributed by atoms with Gasteiger partial charge >= 0.3 is 6.61 Å². The summed E-state index contributed by atoms with van der Waals surface area (Å²) in [7, 11) is 0. The molecule has 2 N–H and O–H groups in total. The number of hydrogen-bond donors (Lipinski definition) is 2. The van der Waals surface area contributed by atoms with Gasteiger partial charge in [-0.2, -0.15) is 8.78 Å². The fourth-order valence-electron chi connectivity index (χ4n) is 2.84. The van der Waals surface area contributed by atoms with Crippen LogP contribution in [0.4, 0.5) is 17.6 Å². The van der Waals surface area contributed by atoms with Gasteiger partial charge < -0.3 is 10.1 Å². The lowest BCUT2D eigenvalue weighted by molar-refractivity contribution is -0.182. The number of allylic oxidation sites excluding steroid dienone is 1. The Morgan fingerprint density at radius 2 is 2.09 bits per heavy atom. The number of likely N-dealkylation sites (N-methyl/N-ethyl adjacent to an activating group) is 1. The Morgan fingerprint density at radius 3 is 2.61 bits per heavy atom. The van der Waals surface area contributed by atoms with Gasteiger partial charge in [-0.25, -0.2) is 8.78 Å². The first-order chi connectivity index (χ1) is 10.9. The lowest BCUT2D eigenvalue weighted by Crippen LogP contribution is -2.64. The highest BCUT2D eigenvalue weighted by molar-refractivity contribution is 5.66. The summed E-state index contributed by atoms with van der Waals surface area (Å²) in [4.78, 5) is 0. The van der Waals surface area contributed by atoms with E-state index in [0.717, 1.165) is 6.07 Å². The summed E-state index contributed by atoms with van der Waals surface area (Å²) in [5.74, 6) is -1.29. The second-order valence-electron chi connectivity index (χ2n) is 5.48. The summed E-state index contributed by atoms with van der Waals surface area (Å²) in [6, 6.07) is 3.39. The molecule has 0 saturated heterocycles. The lowest BCUT2D eigenvalue weighted by atomic mass is 9.89. The molecule has 2 unspecified atom stereocenters. The molecule has 1 aromatic rings. The van der Waals surface area contributed by atoms with E-state index in [4.69, 9.17) is 0 Å². The van der Waals surface area contributed by atoms with E-state index in [9.17, 15) is 17.6 Å². The van der Waals surface area contributed by atoms with Gasteiger partial charge in [0.1, 0.15) is 17.3 Å². The zero-order valence-corrected chi connectivity index (χ0v) is 13.0. The summed E-state index contributed by atoms with van der Waals surface area (Å²) in [5, 5.41) is 6.17. The van der Waals surface area contributed by atoms with Gasteiger partial charge in [-0.15, -0.1) is 0 Å². The van der Waals surface area contributed by atoms with Crippen LogP contribution in [0.1, 0.15) is 32.3 Å². The van der Waals surface area contributed by atoms with Gasteiger partial charge in [0, 0.05) is 17.8 Å². The van der Waals surface area contributed by atoms with Crippen molar-refractivity contribution < 1.29 is 22.3 Å². The standard InChI is InChI=1S/C16H20F4N2O/c1-3-21-16(10(2)23-15(19)20)7-6-11(9-22-16)13-5-4-12(17)8-14(13)18/h4-5,8-10,15,21-22H,3,6-7H2,1-2H3. The van der Waals surface area contributed by atoms with Crippen LogP contribution in [-0.4, -0.2) is 24.9 Å². The molecule has 128 valence electrons. The predicted octanol–water partition coefficient (Wildman–Crippen LogP) is 3.62. The first-order valence-corrected chi connectivity index (χ1v) is 7.48. The van der Waals surface area contributed by atoms with Crippen molar-refractivity contribution in [3.05, 3.63) is 41.6 Å². The molecule has 0 bridgehead atoms. The number of nitrogens with one attached hydrogen (secondary N) is 2. The molecule has 1 heterocycles. The Labute approximate surface area is 132 Å². The van der Waals surface area contributed by atoms with Crippen LogP contribution >= 0.6 is 0 Å². The normalized spacial score (nSPS) is 22.7. The van der Waals surface area contributed by atoms with Gasteiger partial charge in [0.05, 0.1) is 6.10 Å². The lowest BCUT2D eigenvalue weighted by Gasteiger charge is -2.42. The molecule has 0 amide bonds. The highest BCUT2D eigenvalue weighted by Gasteiger charge is 2.39. The van der Waals surface area contributed by atoms with E-state index in [2.05, 4.69) is 15.4 Å². The monoisotopic (exact) mass is 332 g/mol. The summed E-state index contributed by atoms with van der Waals surface area (Å²) >= 11 is 0. The summed E-state index contributed by atoms with van der Waals surface area (Å²) in [6.45, 7) is 1.09. The maximum absolute atomic E-state index is 13.9. The van der Waals surface area contributed by atoms with Crippen molar-refractivity contribution in [2.45, 2.75) is 45.1 Å². The molecule has 1 aliphatic rings. The van der Waals surface area contributed by atoms with Gasteiger partial charge in [0.25, 0.3) is 0 Å². The second-order valence-corrected chi connectivity index (χ2v) is 5.48. The van der Waals surface area contributed by atoms with Gasteiger partial charge in [-0.05, 0) is 44.0 Å². The largest absolute Gasteiger partial charge is 0.371 e. The van der Waals surface area contributed by atoms with Crippen LogP contribution in [0.5, 0.6) is 0 Å². The summed E-state index contributed by atoms with van der Waals surface area (Å²) in [5.41, 5.74) is 0.0947. The van der Waals surface area contributed by atoms with Crippen LogP contribution in [-0.2, 0) is 4.74 Å². The fourth-order valence-corrected chi connectivity index (χ4v) is 2.84. The minimum absolute atomic E-state index is 0.298. The molecule has 3 nitrogen and oxygen atoms in total. The Bertz CT molecular complexity index is 579. The Kier molecular flexibility index (Phi) is 5.64. The molecule has 1 aliphatic heterocycles. The van der Waals surface area contributed by atoms with Crippen molar-refractivity contribution in [3.8, 4) is 0 Å². The van der Waals surface area contributed by atoms with Crippen molar-refractivity contribution in [2.24, 2.45) is 0 Å². The van der Waals surface area contributed by atoms with Crippen LogP contribution < -0.4 is 10.6 Å². The van der Waals surface area contributed by atoms with E-state index < -0.39 is 30.0 Å². The van der Waals surface area contributed by atoms with Crippen molar-refractivity contribution in [2.75, 3.05) is 6.54 Å². The van der Waals surface area contributed by atoms with Crippen LogP contribution in [0.15, 0.2) is 24.4 Å². The van der Waals surface area contributed by atoms with Crippen molar-refractivity contribution in [1.29, 1.82) is 0 Å². The molecule has 23 heavy (non-hydrogen) atoms. The molecule has 0 radical (unpaired) electrons. The number of alkyl halides is 2. The topological polar surface area (TPSA) is 33.3 Å². The molecular formula is C16H20F4N2O. The maximum atomic E-state index is 13.9. The quantitative estimate of drug-likeness (QED) is 0.781. The van der Waals surface area contributed by atoms with E-state index in [1.165, 1.54) is 12.1 Å². The SMILES string of the molecule is CCNC1(C(C)OC(F)F)CCC(c2ccc(F)cc2F)=CN1. The Balaban J connectivity index is 2.21. The minimum Gasteiger partial charge on any atom is -0.371 e. The molecule has 1 aromatic carbocycles. The smallest absolute Gasteiger partial charge is 0.345 e. The minimum atomic E-state index is -2.87. The number of benzene rings is 1. The fraction of sp³-hybridized carbons (Fsp3) is 0.500. The average molecular weight is 332 g/mol. The van der Waals surface area contributed by atoms with Gasteiger partial charge in [-0.3, -0.25) is 5.32 Å². The Morgan fingerprint density at radius 1 is 1.35 bits per heavy atom. The maximum Gasteiger partial charge on any atom is 0.345 e. The molecule has 0 aromatic heterocycles. The average Bonchev–Trinajstić information content (AvgIpc) is 2.48. The molecule has 7 heteroatoms. The van der Waals surface area contributed by atoms with Crippen LogP contribution in [0, 0.1) is 11.6 Å². The van der Waals surface area contributed by atoms with Crippen molar-refractivity contribution in [3.63, 3.8) is 0 Å². The number of rotatable bonds is 6. The van der Waals surface area contributed by atoms with Crippen LogP contribution in [0.25, 0.3) is 5.57 Å².